The number of pyridine rings is 1. The van der Waals surface area contributed by atoms with E-state index in [0.717, 1.165) is 31.6 Å². The molecule has 0 radical (unpaired) electrons. The first-order chi connectivity index (χ1) is 22.9. The number of hydrogen-bond donors (Lipinski definition) is 3. The molecule has 3 saturated heterocycles. The third-order valence-electron chi connectivity index (χ3n) is 8.40. The molecule has 3 N–H and O–H groups in total. The number of amides is 3. The summed E-state index contributed by atoms with van der Waals surface area (Å²) < 4.78 is 5.56. The molecule has 2 aromatic carbocycles. The van der Waals surface area contributed by atoms with Crippen molar-refractivity contribution >= 4 is 64.0 Å². The van der Waals surface area contributed by atoms with E-state index in [9.17, 15) is 14.4 Å². The van der Waals surface area contributed by atoms with Gasteiger partial charge in [0.15, 0.2) is 0 Å². The van der Waals surface area contributed by atoms with Crippen LogP contribution in [0.1, 0.15) is 59.9 Å². The second-order valence-corrected chi connectivity index (χ2v) is 13.9. The van der Waals surface area contributed by atoms with Gasteiger partial charge in [-0.05, 0) is 69.2 Å². The molecule has 11 nitrogen and oxygen atoms in total. The summed E-state index contributed by atoms with van der Waals surface area (Å²) in [5.74, 6) is -0.598. The fourth-order valence-corrected chi connectivity index (χ4v) is 6.07. The highest BCUT2D eigenvalue weighted by molar-refractivity contribution is 6.32. The summed E-state index contributed by atoms with van der Waals surface area (Å²) in [6, 6.07) is 14.0. The van der Waals surface area contributed by atoms with E-state index in [1.807, 2.05) is 37.8 Å². The molecule has 1 aromatic heterocycles. The first-order valence-electron chi connectivity index (χ1n) is 16.1. The molecule has 48 heavy (non-hydrogen) atoms. The maximum Gasteiger partial charge on any atom is 0.410 e. The number of benzene rings is 2. The van der Waals surface area contributed by atoms with Gasteiger partial charge in [-0.1, -0.05) is 35.3 Å². The van der Waals surface area contributed by atoms with Crippen molar-refractivity contribution in [3.05, 3.63) is 87.2 Å². The number of halogens is 2. The maximum atomic E-state index is 13.8. The van der Waals surface area contributed by atoms with Crippen LogP contribution in [0.25, 0.3) is 5.70 Å². The number of carbonyl (C=O) groups excluding carboxylic acids is 3. The summed E-state index contributed by atoms with van der Waals surface area (Å²) in [7, 11) is 0. The Hall–Kier alpha value is -4.48. The molecule has 6 rings (SSSR count). The molecule has 0 saturated carbocycles. The topological polar surface area (TPSA) is 119 Å². The van der Waals surface area contributed by atoms with Gasteiger partial charge >= 0.3 is 6.09 Å². The largest absolute Gasteiger partial charge is 0.444 e. The SMILES string of the molecule is CC(C)(C)OC(=O)N1CCN(c2cc(Cl)cc(C(=O)Nc3ccc(Cl)cn3)c2NC(=O)c2ccc(C(=C3CCN3)N3CCC3)cc2)CC1. The van der Waals surface area contributed by atoms with Crippen LogP contribution >= 0.6 is 23.2 Å². The summed E-state index contributed by atoms with van der Waals surface area (Å²) in [4.78, 5) is 50.5. The number of ether oxygens (including phenoxy) is 1. The van der Waals surface area contributed by atoms with Gasteiger partial charge < -0.3 is 35.4 Å². The summed E-state index contributed by atoms with van der Waals surface area (Å²) in [6.45, 7) is 10.1. The smallest absolute Gasteiger partial charge is 0.410 e. The molecule has 0 spiro atoms. The molecule has 3 aliphatic rings. The number of anilines is 3. The average molecular weight is 693 g/mol. The second-order valence-electron chi connectivity index (χ2n) is 13.0. The number of carbonyl (C=O) groups is 3. The lowest BCUT2D eigenvalue weighted by Crippen LogP contribution is -2.50. The monoisotopic (exact) mass is 691 g/mol. The van der Waals surface area contributed by atoms with Crippen LogP contribution in [-0.4, -0.2) is 84.1 Å². The van der Waals surface area contributed by atoms with Crippen LogP contribution in [0.15, 0.2) is 60.4 Å². The van der Waals surface area contributed by atoms with Gasteiger partial charge in [-0.3, -0.25) is 9.59 Å². The number of piperazine rings is 1. The molecule has 0 atom stereocenters. The van der Waals surface area contributed by atoms with Crippen LogP contribution in [0.5, 0.6) is 0 Å². The van der Waals surface area contributed by atoms with Gasteiger partial charge in [0.25, 0.3) is 11.8 Å². The summed E-state index contributed by atoms with van der Waals surface area (Å²) >= 11 is 12.6. The number of aromatic nitrogens is 1. The zero-order chi connectivity index (χ0) is 34.0. The van der Waals surface area contributed by atoms with Crippen molar-refractivity contribution in [3.63, 3.8) is 0 Å². The number of hydrogen-bond acceptors (Lipinski definition) is 8. The summed E-state index contributed by atoms with van der Waals surface area (Å²) in [5, 5.41) is 9.97. The number of nitrogens with zero attached hydrogens (tertiary/aromatic N) is 4. The normalized spacial score (nSPS) is 17.1. The zero-order valence-corrected chi connectivity index (χ0v) is 28.7. The summed E-state index contributed by atoms with van der Waals surface area (Å²) in [6.07, 6.45) is 3.22. The molecular formula is C35H39Cl2N7O4. The molecule has 252 valence electrons. The molecule has 3 aliphatic heterocycles. The minimum atomic E-state index is -0.612. The van der Waals surface area contributed by atoms with E-state index in [-0.39, 0.29) is 23.4 Å². The molecule has 3 aromatic rings. The fraction of sp³-hybridized carbons (Fsp3) is 0.371. The average Bonchev–Trinajstić information content (AvgIpc) is 3.00. The Morgan fingerprint density at radius 2 is 1.52 bits per heavy atom. The molecule has 0 unspecified atom stereocenters. The van der Waals surface area contributed by atoms with Gasteiger partial charge in [0, 0.05) is 74.7 Å². The highest BCUT2D eigenvalue weighted by atomic mass is 35.5. The minimum absolute atomic E-state index is 0.162. The van der Waals surface area contributed by atoms with Crippen molar-refractivity contribution in [2.45, 2.75) is 39.2 Å². The quantitative estimate of drug-likeness (QED) is 0.264. The molecule has 0 bridgehead atoms. The van der Waals surface area contributed by atoms with Crippen LogP contribution in [-0.2, 0) is 4.74 Å². The maximum absolute atomic E-state index is 13.8. The molecule has 3 amide bonds. The van der Waals surface area contributed by atoms with Crippen molar-refractivity contribution in [1.29, 1.82) is 0 Å². The fourth-order valence-electron chi connectivity index (χ4n) is 5.75. The van der Waals surface area contributed by atoms with Crippen molar-refractivity contribution in [2.75, 3.05) is 61.3 Å². The third kappa shape index (κ3) is 7.63. The van der Waals surface area contributed by atoms with E-state index in [1.165, 1.54) is 30.1 Å². The Kier molecular flexibility index (Phi) is 9.70. The Labute approximate surface area is 290 Å². The minimum Gasteiger partial charge on any atom is -0.444 e. The van der Waals surface area contributed by atoms with E-state index in [4.69, 9.17) is 27.9 Å². The van der Waals surface area contributed by atoms with E-state index < -0.39 is 11.5 Å². The van der Waals surface area contributed by atoms with Crippen molar-refractivity contribution in [2.24, 2.45) is 0 Å². The lowest BCUT2D eigenvalue weighted by atomic mass is 9.99. The standard InChI is InChI=1S/C35H39Cl2N7O4/c1-35(2,3)48-34(47)44-17-15-42(16-18-44)28-20-25(37)19-26(33(46)40-29-10-9-24(36)21-39-29)30(28)41-32(45)23-7-5-22(6-8-23)31(27-11-12-38-27)43-13-4-14-43/h5-10,19-21,38H,4,11-18H2,1-3H3,(H,41,45)(H,39,40,46). The Balaban J connectivity index is 1.28. The van der Waals surface area contributed by atoms with Gasteiger partial charge in [0.1, 0.15) is 11.4 Å². The third-order valence-corrected chi connectivity index (χ3v) is 8.84. The van der Waals surface area contributed by atoms with E-state index in [0.29, 0.717) is 53.2 Å². The van der Waals surface area contributed by atoms with E-state index in [1.54, 1.807) is 35.2 Å². The van der Waals surface area contributed by atoms with Gasteiger partial charge in [0.05, 0.1) is 27.7 Å². The number of likely N-dealkylation sites (tertiary alicyclic amines) is 1. The van der Waals surface area contributed by atoms with Crippen LogP contribution in [0, 0.1) is 0 Å². The number of rotatable bonds is 7. The lowest BCUT2D eigenvalue weighted by molar-refractivity contribution is 0.0240. The van der Waals surface area contributed by atoms with Crippen molar-refractivity contribution < 1.29 is 19.1 Å². The lowest BCUT2D eigenvalue weighted by Gasteiger charge is -2.39. The zero-order valence-electron chi connectivity index (χ0n) is 27.2. The Bertz CT molecular complexity index is 1720. The molecular weight excluding hydrogens is 653 g/mol. The van der Waals surface area contributed by atoms with E-state index in [2.05, 4.69) is 25.8 Å². The Morgan fingerprint density at radius 1 is 0.833 bits per heavy atom. The second kappa shape index (κ2) is 13.9. The van der Waals surface area contributed by atoms with Crippen LogP contribution in [0.2, 0.25) is 10.0 Å². The van der Waals surface area contributed by atoms with Crippen molar-refractivity contribution in [3.8, 4) is 0 Å². The molecule has 3 fully saturated rings. The van der Waals surface area contributed by atoms with E-state index >= 15 is 0 Å². The summed E-state index contributed by atoms with van der Waals surface area (Å²) in [5.41, 5.74) is 4.33. The molecule has 4 heterocycles. The first kappa shape index (κ1) is 33.4. The highest BCUT2D eigenvalue weighted by Crippen LogP contribution is 2.36. The van der Waals surface area contributed by atoms with Gasteiger partial charge in [-0.15, -0.1) is 0 Å². The van der Waals surface area contributed by atoms with Gasteiger partial charge in [0.2, 0.25) is 0 Å². The van der Waals surface area contributed by atoms with Crippen LogP contribution < -0.4 is 20.9 Å². The van der Waals surface area contributed by atoms with Crippen LogP contribution in [0.4, 0.5) is 22.0 Å². The Morgan fingerprint density at radius 3 is 2.08 bits per heavy atom. The number of nitrogens with one attached hydrogen (secondary N) is 3. The predicted octanol–water partition coefficient (Wildman–Crippen LogP) is 6.32. The molecule has 13 heteroatoms. The molecule has 0 aliphatic carbocycles. The first-order valence-corrected chi connectivity index (χ1v) is 16.8. The highest BCUT2D eigenvalue weighted by Gasteiger charge is 2.30. The predicted molar refractivity (Wildman–Crippen MR) is 189 cm³/mol. The van der Waals surface area contributed by atoms with Gasteiger partial charge in [-0.25, -0.2) is 9.78 Å². The van der Waals surface area contributed by atoms with Crippen molar-refractivity contribution in [1.82, 2.24) is 20.1 Å². The van der Waals surface area contributed by atoms with Crippen LogP contribution in [0.3, 0.4) is 0 Å². The van der Waals surface area contributed by atoms with Gasteiger partial charge in [-0.2, -0.15) is 0 Å².